The molecule has 2 atom stereocenters. The van der Waals surface area contributed by atoms with Crippen LogP contribution >= 0.6 is 11.3 Å². The largest absolute Gasteiger partial charge is 0.349 e. The molecule has 0 aliphatic heterocycles. The van der Waals surface area contributed by atoms with E-state index in [2.05, 4.69) is 16.8 Å². The zero-order chi connectivity index (χ0) is 11.5. The smallest absolute Gasteiger partial charge is 0.224 e. The summed E-state index contributed by atoms with van der Waals surface area (Å²) in [5, 5.41) is 5.21. The molecule has 0 spiro atoms. The molecule has 1 amide bonds. The van der Waals surface area contributed by atoms with Gasteiger partial charge in [-0.3, -0.25) is 4.79 Å². The number of amides is 1. The second-order valence-corrected chi connectivity index (χ2v) is 5.39. The van der Waals surface area contributed by atoms with E-state index in [1.165, 1.54) is 10.4 Å². The fourth-order valence-corrected chi connectivity index (χ4v) is 3.04. The topological polar surface area (TPSA) is 55.1 Å². The Morgan fingerprint density at radius 3 is 3.31 bits per heavy atom. The van der Waals surface area contributed by atoms with Crippen molar-refractivity contribution in [2.45, 2.75) is 32.2 Å². The molecule has 1 aliphatic rings. The average molecular weight is 238 g/mol. The molecule has 2 unspecified atom stereocenters. The van der Waals surface area contributed by atoms with Crippen molar-refractivity contribution in [3.8, 4) is 0 Å². The average Bonchev–Trinajstić information content (AvgIpc) is 2.77. The summed E-state index contributed by atoms with van der Waals surface area (Å²) in [4.78, 5) is 13.2. The molecule has 0 radical (unpaired) electrons. The van der Waals surface area contributed by atoms with Gasteiger partial charge in [-0.25, -0.2) is 0 Å². The molecule has 4 heteroatoms. The number of hydrogen-bond acceptors (Lipinski definition) is 3. The van der Waals surface area contributed by atoms with Crippen molar-refractivity contribution < 1.29 is 4.79 Å². The second kappa shape index (κ2) is 4.97. The van der Waals surface area contributed by atoms with Crippen LogP contribution in [-0.4, -0.2) is 12.5 Å². The lowest BCUT2D eigenvalue weighted by atomic mass is 9.93. The van der Waals surface area contributed by atoms with E-state index in [1.54, 1.807) is 11.3 Å². The van der Waals surface area contributed by atoms with Gasteiger partial charge in [0.05, 0.1) is 6.04 Å². The summed E-state index contributed by atoms with van der Waals surface area (Å²) in [5.74, 6) is -0.0180. The number of nitrogens with two attached hydrogens (primary N) is 1. The molecule has 3 nitrogen and oxygen atoms in total. The summed E-state index contributed by atoms with van der Waals surface area (Å²) in [6.07, 6.45) is 3.37. The van der Waals surface area contributed by atoms with Gasteiger partial charge in [0.1, 0.15) is 0 Å². The Balaban J connectivity index is 2.05. The predicted octanol–water partition coefficient (Wildman–Crippen LogP) is 1.84. The first-order chi connectivity index (χ1) is 7.72. The Morgan fingerprint density at radius 1 is 1.75 bits per heavy atom. The maximum atomic E-state index is 11.8. The maximum absolute atomic E-state index is 11.8. The number of thiophene rings is 1. The van der Waals surface area contributed by atoms with Crippen LogP contribution in [0.5, 0.6) is 0 Å². The number of fused-ring (bicyclic) bond motifs is 1. The summed E-state index contributed by atoms with van der Waals surface area (Å²) in [5.41, 5.74) is 6.81. The highest BCUT2D eigenvalue weighted by molar-refractivity contribution is 7.10. The van der Waals surface area contributed by atoms with Crippen molar-refractivity contribution in [3.05, 3.63) is 21.9 Å². The lowest BCUT2D eigenvalue weighted by Gasteiger charge is -2.24. The van der Waals surface area contributed by atoms with Crippen LogP contribution in [-0.2, 0) is 11.2 Å². The summed E-state index contributed by atoms with van der Waals surface area (Å²) >= 11 is 1.79. The first-order valence-electron chi connectivity index (χ1n) is 5.79. The van der Waals surface area contributed by atoms with Gasteiger partial charge in [0.15, 0.2) is 0 Å². The zero-order valence-electron chi connectivity index (χ0n) is 9.53. The molecule has 1 aromatic heterocycles. The SMILES string of the molecule is CC(CN)C(=O)NC1CCCc2sccc21. The summed E-state index contributed by atoms with van der Waals surface area (Å²) in [7, 11) is 0. The number of carbonyl (C=O) groups is 1. The molecule has 0 aromatic carbocycles. The first kappa shape index (κ1) is 11.6. The Hall–Kier alpha value is -0.870. The molecule has 16 heavy (non-hydrogen) atoms. The fraction of sp³-hybridized carbons (Fsp3) is 0.583. The van der Waals surface area contributed by atoms with Crippen molar-refractivity contribution >= 4 is 17.2 Å². The quantitative estimate of drug-likeness (QED) is 0.844. The molecule has 1 heterocycles. The molecule has 0 bridgehead atoms. The molecule has 88 valence electrons. The number of carbonyl (C=O) groups excluding carboxylic acids is 1. The summed E-state index contributed by atoms with van der Waals surface area (Å²) < 4.78 is 0. The zero-order valence-corrected chi connectivity index (χ0v) is 10.3. The third-order valence-electron chi connectivity index (χ3n) is 3.17. The van der Waals surface area contributed by atoms with Crippen molar-refractivity contribution in [2.24, 2.45) is 11.7 Å². The van der Waals surface area contributed by atoms with Crippen LogP contribution < -0.4 is 11.1 Å². The highest BCUT2D eigenvalue weighted by Crippen LogP contribution is 2.33. The third-order valence-corrected chi connectivity index (χ3v) is 4.17. The Labute approximate surface area is 100 Å². The van der Waals surface area contributed by atoms with Gasteiger partial charge in [0, 0.05) is 17.3 Å². The number of rotatable bonds is 3. The van der Waals surface area contributed by atoms with Crippen LogP contribution in [0.2, 0.25) is 0 Å². The minimum absolute atomic E-state index is 0.0755. The summed E-state index contributed by atoms with van der Waals surface area (Å²) in [6, 6.07) is 2.34. The van der Waals surface area contributed by atoms with E-state index in [0.717, 1.165) is 19.3 Å². The Kier molecular flexibility index (Phi) is 3.61. The van der Waals surface area contributed by atoms with Gasteiger partial charge in [-0.15, -0.1) is 11.3 Å². The van der Waals surface area contributed by atoms with Gasteiger partial charge in [-0.2, -0.15) is 0 Å². The molecule has 1 aliphatic carbocycles. The van der Waals surface area contributed by atoms with Crippen LogP contribution in [0.4, 0.5) is 0 Å². The van der Waals surface area contributed by atoms with Gasteiger partial charge in [-0.1, -0.05) is 6.92 Å². The van der Waals surface area contributed by atoms with Crippen LogP contribution in [0.15, 0.2) is 11.4 Å². The molecule has 0 saturated carbocycles. The highest BCUT2D eigenvalue weighted by atomic mass is 32.1. The lowest BCUT2D eigenvalue weighted by Crippen LogP contribution is -2.36. The Morgan fingerprint density at radius 2 is 2.56 bits per heavy atom. The van der Waals surface area contributed by atoms with E-state index in [1.807, 2.05) is 6.92 Å². The van der Waals surface area contributed by atoms with Crippen LogP contribution in [0.3, 0.4) is 0 Å². The number of nitrogens with one attached hydrogen (secondary N) is 1. The first-order valence-corrected chi connectivity index (χ1v) is 6.67. The minimum Gasteiger partial charge on any atom is -0.349 e. The Bertz CT molecular complexity index is 375. The molecular weight excluding hydrogens is 220 g/mol. The number of hydrogen-bond donors (Lipinski definition) is 2. The van der Waals surface area contributed by atoms with E-state index in [4.69, 9.17) is 5.73 Å². The molecule has 0 fully saturated rings. The second-order valence-electron chi connectivity index (χ2n) is 4.39. The normalized spacial score (nSPS) is 21.2. The standard InChI is InChI=1S/C12H18N2OS/c1-8(7-13)12(15)14-10-3-2-4-11-9(10)5-6-16-11/h5-6,8,10H,2-4,7,13H2,1H3,(H,14,15). The van der Waals surface area contributed by atoms with Gasteiger partial charge in [0.2, 0.25) is 5.91 Å². The van der Waals surface area contributed by atoms with E-state index in [-0.39, 0.29) is 17.9 Å². The van der Waals surface area contributed by atoms with Gasteiger partial charge < -0.3 is 11.1 Å². The van der Waals surface area contributed by atoms with E-state index >= 15 is 0 Å². The lowest BCUT2D eigenvalue weighted by molar-refractivity contribution is -0.125. The minimum atomic E-state index is -0.0935. The third kappa shape index (κ3) is 2.28. The van der Waals surface area contributed by atoms with Crippen molar-refractivity contribution in [1.29, 1.82) is 0 Å². The molecule has 0 saturated heterocycles. The van der Waals surface area contributed by atoms with Crippen molar-refractivity contribution in [1.82, 2.24) is 5.32 Å². The monoisotopic (exact) mass is 238 g/mol. The molecule has 3 N–H and O–H groups in total. The summed E-state index contributed by atoms with van der Waals surface area (Å²) in [6.45, 7) is 2.28. The van der Waals surface area contributed by atoms with Crippen LogP contribution in [0.25, 0.3) is 0 Å². The van der Waals surface area contributed by atoms with Crippen molar-refractivity contribution in [2.75, 3.05) is 6.54 Å². The fourth-order valence-electron chi connectivity index (χ4n) is 2.06. The molecule has 2 rings (SSSR count). The van der Waals surface area contributed by atoms with Gasteiger partial charge in [0.25, 0.3) is 0 Å². The van der Waals surface area contributed by atoms with Gasteiger partial charge in [-0.05, 0) is 36.3 Å². The van der Waals surface area contributed by atoms with E-state index in [0.29, 0.717) is 6.54 Å². The highest BCUT2D eigenvalue weighted by Gasteiger charge is 2.23. The van der Waals surface area contributed by atoms with Crippen molar-refractivity contribution in [3.63, 3.8) is 0 Å². The predicted molar refractivity (Wildman–Crippen MR) is 66.4 cm³/mol. The molecule has 1 aromatic rings. The maximum Gasteiger partial charge on any atom is 0.224 e. The van der Waals surface area contributed by atoms with E-state index < -0.39 is 0 Å². The van der Waals surface area contributed by atoms with Crippen LogP contribution in [0.1, 0.15) is 36.2 Å². The number of aryl methyl sites for hydroxylation is 1. The van der Waals surface area contributed by atoms with Crippen LogP contribution in [0, 0.1) is 5.92 Å². The van der Waals surface area contributed by atoms with E-state index in [9.17, 15) is 4.79 Å². The molecular formula is C12H18N2OS. The van der Waals surface area contributed by atoms with Gasteiger partial charge >= 0.3 is 0 Å².